The number of carboxylic acid groups (broad SMARTS) is 1. The van der Waals surface area contributed by atoms with Crippen molar-refractivity contribution in [3.05, 3.63) is 70.3 Å². The third-order valence-electron chi connectivity index (χ3n) is 20.6. The summed E-state index contributed by atoms with van der Waals surface area (Å²) in [5.41, 5.74) is 17.3. The number of halogens is 1. The maximum absolute atomic E-state index is 15.4. The third-order valence-corrected chi connectivity index (χ3v) is 21.9. The second-order valence-corrected chi connectivity index (χ2v) is 33.1. The fourth-order valence-electron chi connectivity index (χ4n) is 13.8. The van der Waals surface area contributed by atoms with Gasteiger partial charge in [-0.05, 0) is 118 Å². The molecule has 638 valence electrons. The molecule has 1 aromatic heterocycles. The van der Waals surface area contributed by atoms with Crippen molar-refractivity contribution in [3.63, 3.8) is 0 Å². The van der Waals surface area contributed by atoms with E-state index in [1.807, 2.05) is 0 Å². The van der Waals surface area contributed by atoms with Crippen molar-refractivity contribution in [2.24, 2.45) is 39.4 Å². The van der Waals surface area contributed by atoms with E-state index < -0.39 is 232 Å². The van der Waals surface area contributed by atoms with Crippen LogP contribution in [0.4, 0.5) is 0 Å². The van der Waals surface area contributed by atoms with Gasteiger partial charge in [-0.2, -0.15) is 8.42 Å². The molecule has 39 nitrogen and oxygen atoms in total. The number of fused-ring (bicyclic) bond motifs is 2. The fourth-order valence-corrected chi connectivity index (χ4v) is 14.7. The topological polar surface area (TPSA) is 593 Å². The average Bonchev–Trinajstić information content (AvgIpc) is 1.42. The van der Waals surface area contributed by atoms with Gasteiger partial charge < -0.3 is 99.9 Å². The molecule has 0 radical (unpaired) electrons. The monoisotopic (exact) mass is 1710 g/mol. The predicted molar refractivity (Wildman–Crippen MR) is 423 cm³/mol. The van der Waals surface area contributed by atoms with Gasteiger partial charge in [0.05, 0.1) is 6.42 Å². The van der Waals surface area contributed by atoms with E-state index in [-0.39, 0.29) is 76.9 Å². The lowest BCUT2D eigenvalue weighted by Crippen LogP contribution is -2.64. The van der Waals surface area contributed by atoms with E-state index in [9.17, 15) is 75.6 Å². The van der Waals surface area contributed by atoms with Crippen molar-refractivity contribution in [2.45, 2.75) is 230 Å². The number of carboxylic acids is 1. The lowest BCUT2D eigenvalue weighted by atomic mass is 9.80. The number of guanidine groups is 1. The maximum atomic E-state index is 15.4. The number of carbonyl (C=O) groups is 16. The number of nitrogens with two attached hydrogens (primary N) is 3. The molecule has 0 aliphatic carbocycles. The standard InChI is InChI=1S/C75H109BrN18O21S/c1-11-75(8,9)60(91-64(102)48(31-38(2)3)84-67(105)54-20-15-29-93(54)70(108)50(86-61(99)40(6)82-37-95)32-42-22-24-44(76)25-23-42)69(107)85-49(33-43-35-81-46-18-13-12-17-45(43)46)63(101)83-47(19-14-28-80-74(78)79)62(100)88-52(36-116(112,113)114)65(103)90-59-41(7)115-73(111)51(34-57(97)98)87-68(106)55-21-16-30-94(55)72(110)58(39(4)5)89-66(104)53(26-27-56(77)96)92(10)71(59)109/h12-13,17-18,22-25,35,37-41,47-55,58-60,81H,11,14-16,19-21,26-34,36H2,1-10H3,(H2,77,96)(H,82,95)(H,83,101)(H,84,105)(H,85,107)(H,86,99)(H,87,106)(H,88,100)(H,89,104)(H,90,103)(H,91,102)(H,97,98)(H4,78,79,80)(H,112,113,114). The Hall–Kier alpha value is -10.8. The van der Waals surface area contributed by atoms with E-state index in [4.69, 9.17) is 21.9 Å². The van der Waals surface area contributed by atoms with Crippen LogP contribution in [0.2, 0.25) is 0 Å². The van der Waals surface area contributed by atoms with E-state index in [0.717, 1.165) is 23.3 Å². The molecule has 3 saturated heterocycles. The SMILES string of the molecule is CCC(C)(C)C(NC(=O)C(CC(C)C)NC(=O)C1CCCN1C(=O)C(Cc1ccc(Br)cc1)NC(=O)C(C)NC=O)C(=O)NC(Cc1c[nH]c2ccccc12)C(=O)NC(CCCN=C(N)N)C(=O)NC(CS(=O)(=O)O)C(=O)NC1C(=O)N(C)C(CCC(N)=O)C(=O)NC(C(C)C)C(=O)N2CCCC2C(=O)NC(CC(=O)O)C(=O)OC1C. The van der Waals surface area contributed by atoms with Gasteiger partial charge in [0.15, 0.2) is 5.96 Å². The lowest BCUT2D eigenvalue weighted by Gasteiger charge is -2.36. The van der Waals surface area contributed by atoms with Crippen molar-refractivity contribution in [1.82, 2.24) is 72.9 Å². The normalized spacial score (nSPS) is 20.9. The number of para-hydroxylation sites is 1. The summed E-state index contributed by atoms with van der Waals surface area (Å²) in [6.07, 6.45) is -2.35. The Morgan fingerprint density at radius 2 is 1.39 bits per heavy atom. The van der Waals surface area contributed by atoms with Gasteiger partial charge in [0.25, 0.3) is 10.1 Å². The number of nitrogens with zero attached hydrogens (tertiary/aromatic N) is 4. The quantitative estimate of drug-likeness (QED) is 0.00726. The number of benzene rings is 2. The van der Waals surface area contributed by atoms with Crippen molar-refractivity contribution < 1.29 is 99.5 Å². The number of amides is 14. The van der Waals surface area contributed by atoms with Gasteiger partial charge in [-0.15, -0.1) is 0 Å². The highest BCUT2D eigenvalue weighted by Gasteiger charge is 2.47. The highest BCUT2D eigenvalue weighted by molar-refractivity contribution is 9.10. The number of esters is 1. The van der Waals surface area contributed by atoms with E-state index in [1.54, 1.807) is 103 Å². The summed E-state index contributed by atoms with van der Waals surface area (Å²) in [6, 6.07) is -7.32. The predicted octanol–water partition coefficient (Wildman–Crippen LogP) is -2.21. The summed E-state index contributed by atoms with van der Waals surface area (Å²) >= 11 is 3.40. The first-order valence-electron chi connectivity index (χ1n) is 38.3. The molecule has 116 heavy (non-hydrogen) atoms. The lowest BCUT2D eigenvalue weighted by molar-refractivity contribution is -0.161. The van der Waals surface area contributed by atoms with Gasteiger partial charge in [0.2, 0.25) is 83.2 Å². The molecule has 14 unspecified atom stereocenters. The van der Waals surface area contributed by atoms with Crippen LogP contribution in [0.1, 0.15) is 144 Å². The fraction of sp³-hybridized carbons (Fsp3) is 0.587. The molecule has 0 saturated carbocycles. The number of aromatic amines is 1. The summed E-state index contributed by atoms with van der Waals surface area (Å²) in [5.74, 6) is -19.4. The summed E-state index contributed by atoms with van der Waals surface area (Å²) in [6.45, 7) is 14.0. The van der Waals surface area contributed by atoms with Crippen LogP contribution >= 0.6 is 15.9 Å². The minimum atomic E-state index is -5.41. The van der Waals surface area contributed by atoms with Crippen molar-refractivity contribution in [2.75, 3.05) is 32.4 Å². The number of likely N-dealkylation sites (N-methyl/N-ethyl adjacent to an activating group) is 1. The molecule has 0 spiro atoms. The molecule has 3 fully saturated rings. The number of aromatic nitrogens is 1. The molecule has 3 aliphatic heterocycles. The van der Waals surface area contributed by atoms with Crippen molar-refractivity contribution in [3.8, 4) is 0 Å². The van der Waals surface area contributed by atoms with E-state index >= 15 is 19.2 Å². The van der Waals surface area contributed by atoms with Gasteiger partial charge >= 0.3 is 11.9 Å². The van der Waals surface area contributed by atoms with E-state index in [1.165, 1.54) is 11.8 Å². The van der Waals surface area contributed by atoms with Crippen LogP contribution in [-0.4, -0.2) is 256 Å². The zero-order valence-corrected chi connectivity index (χ0v) is 68.9. The number of carbonyl (C=O) groups excluding carboxylic acids is 15. The summed E-state index contributed by atoms with van der Waals surface area (Å²) in [7, 11) is -4.39. The number of hydrogen-bond acceptors (Lipinski definition) is 20. The number of likely N-dealkylation sites (tertiary alicyclic amines) is 1. The third kappa shape index (κ3) is 26.9. The van der Waals surface area contributed by atoms with Crippen molar-refractivity contribution in [1.29, 1.82) is 0 Å². The molecule has 3 aromatic rings. The molecule has 14 amide bonds. The Morgan fingerprint density at radius 1 is 0.759 bits per heavy atom. The van der Waals surface area contributed by atoms with Crippen molar-refractivity contribution >= 4 is 138 Å². The number of cyclic esters (lactones) is 1. The Labute approximate surface area is 679 Å². The number of aliphatic carboxylic acids is 1. The summed E-state index contributed by atoms with van der Waals surface area (Å²) < 4.78 is 42.9. The van der Waals surface area contributed by atoms with E-state index in [0.29, 0.717) is 39.8 Å². The van der Waals surface area contributed by atoms with Gasteiger partial charge in [0.1, 0.15) is 90.4 Å². The number of ether oxygens (including phenoxy) is 1. The van der Waals surface area contributed by atoms with Gasteiger partial charge in [0, 0.05) is 67.5 Å². The number of H-pyrrole nitrogens is 1. The molecular formula is C75H109BrN18O21S. The number of nitrogens with one attached hydrogen (secondary N) is 11. The van der Waals surface area contributed by atoms with Gasteiger partial charge in [-0.25, -0.2) is 4.79 Å². The minimum absolute atomic E-state index is 0.000618. The Bertz CT molecular complexity index is 4250. The molecule has 0 bridgehead atoms. The molecule has 14 atom stereocenters. The first-order chi connectivity index (χ1) is 54.4. The molecule has 19 N–H and O–H groups in total. The second kappa shape index (κ2) is 42.7. The smallest absolute Gasteiger partial charge is 0.329 e. The first kappa shape index (κ1) is 94.0. The van der Waals surface area contributed by atoms with Gasteiger partial charge in [-0.1, -0.05) is 94.7 Å². The Morgan fingerprint density at radius 3 is 2.01 bits per heavy atom. The molecule has 41 heteroatoms. The van der Waals surface area contributed by atoms with Crippen LogP contribution in [0.3, 0.4) is 0 Å². The van der Waals surface area contributed by atoms with Crippen LogP contribution in [0.15, 0.2) is 64.2 Å². The van der Waals surface area contributed by atoms with Crippen LogP contribution in [0.25, 0.3) is 10.9 Å². The first-order valence-corrected chi connectivity index (χ1v) is 40.7. The average molecular weight is 1710 g/mol. The molecule has 2 aromatic carbocycles. The van der Waals surface area contributed by atoms with E-state index in [2.05, 4.69) is 79.1 Å². The zero-order chi connectivity index (χ0) is 86.4. The summed E-state index contributed by atoms with van der Waals surface area (Å²) in [4.78, 5) is 237. The zero-order valence-electron chi connectivity index (χ0n) is 66.5. The number of primary amides is 1. The maximum Gasteiger partial charge on any atom is 0.329 e. The second-order valence-electron chi connectivity index (χ2n) is 30.7. The van der Waals surface area contributed by atoms with Crippen LogP contribution < -0.4 is 70.4 Å². The van der Waals surface area contributed by atoms with Crippen LogP contribution in [0, 0.1) is 17.3 Å². The molecule has 6 rings (SSSR count). The molecule has 4 heterocycles. The minimum Gasteiger partial charge on any atom is -0.481 e. The number of rotatable bonds is 37. The Balaban J connectivity index is 1.35. The Kier molecular flexibility index (Phi) is 34.6. The van der Waals surface area contributed by atoms with Crippen LogP contribution in [0.5, 0.6) is 0 Å². The van der Waals surface area contributed by atoms with Crippen LogP contribution in [-0.2, 0) is 104 Å². The number of aliphatic imine (C=N–C) groups is 1. The summed E-state index contributed by atoms with van der Waals surface area (Å²) in [5, 5.41) is 35.9. The van der Waals surface area contributed by atoms with Gasteiger partial charge in [-0.3, -0.25) is 81.5 Å². The highest BCUT2D eigenvalue weighted by Crippen LogP contribution is 2.29. The molecular weight excluding hydrogens is 1600 g/mol. The number of hydrogen-bond donors (Lipinski definition) is 16. The largest absolute Gasteiger partial charge is 0.481 e. The highest BCUT2D eigenvalue weighted by atomic mass is 79.9. The molecule has 3 aliphatic rings.